The van der Waals surface area contributed by atoms with Gasteiger partial charge in [0.2, 0.25) is 0 Å². The molecule has 0 atom stereocenters. The average Bonchev–Trinajstić information content (AvgIpc) is 2.94. The predicted molar refractivity (Wildman–Crippen MR) is 112 cm³/mol. The highest BCUT2D eigenvalue weighted by Crippen LogP contribution is 2.40. The maximum absolute atomic E-state index is 5.33. The molecule has 0 bridgehead atoms. The Morgan fingerprint density at radius 3 is 2.57 bits per heavy atom. The number of guanidine groups is 1. The molecule has 0 spiro atoms. The van der Waals surface area contributed by atoms with Crippen LogP contribution in [0, 0.1) is 5.41 Å². The average molecular weight is 455 g/mol. The summed E-state index contributed by atoms with van der Waals surface area (Å²) in [6.45, 7) is 8.73. The summed E-state index contributed by atoms with van der Waals surface area (Å²) in [5, 5.41) is 3.68. The number of nitrogens with zero attached hydrogens (tertiary/aromatic N) is 2. The van der Waals surface area contributed by atoms with Crippen molar-refractivity contribution >= 4 is 41.7 Å². The molecular formula is C17H34IN3OS. The highest BCUT2D eigenvalue weighted by molar-refractivity contribution is 14.0. The maximum atomic E-state index is 5.33. The molecule has 1 aliphatic carbocycles. The van der Waals surface area contributed by atoms with Crippen LogP contribution in [0.3, 0.4) is 0 Å². The Bertz CT molecular complexity index is 384. The summed E-state index contributed by atoms with van der Waals surface area (Å²) in [4.78, 5) is 6.97. The fourth-order valence-corrected chi connectivity index (χ4v) is 4.87. The number of aliphatic imine (C=N–C) groups is 1. The van der Waals surface area contributed by atoms with Crippen molar-refractivity contribution in [3.8, 4) is 0 Å². The molecule has 23 heavy (non-hydrogen) atoms. The van der Waals surface area contributed by atoms with E-state index in [-0.39, 0.29) is 24.0 Å². The second-order valence-electron chi connectivity index (χ2n) is 7.38. The van der Waals surface area contributed by atoms with Crippen molar-refractivity contribution in [1.82, 2.24) is 10.2 Å². The van der Waals surface area contributed by atoms with E-state index in [0.29, 0.717) is 10.2 Å². The van der Waals surface area contributed by atoms with Crippen LogP contribution in [0.1, 0.15) is 46.0 Å². The fourth-order valence-electron chi connectivity index (χ4n) is 3.75. The molecule has 1 heterocycles. The number of thioether (sulfide) groups is 1. The van der Waals surface area contributed by atoms with Crippen molar-refractivity contribution < 1.29 is 4.74 Å². The van der Waals surface area contributed by atoms with Gasteiger partial charge >= 0.3 is 0 Å². The van der Waals surface area contributed by atoms with E-state index in [2.05, 4.69) is 40.8 Å². The van der Waals surface area contributed by atoms with E-state index < -0.39 is 0 Å². The Labute approximate surface area is 163 Å². The van der Waals surface area contributed by atoms with Crippen LogP contribution in [-0.4, -0.2) is 61.8 Å². The molecule has 0 amide bonds. The molecule has 1 N–H and O–H groups in total. The van der Waals surface area contributed by atoms with Gasteiger partial charge in [-0.2, -0.15) is 11.8 Å². The smallest absolute Gasteiger partial charge is 0.193 e. The van der Waals surface area contributed by atoms with Crippen LogP contribution in [0.15, 0.2) is 4.99 Å². The lowest BCUT2D eigenvalue weighted by Gasteiger charge is -2.40. The zero-order valence-electron chi connectivity index (χ0n) is 15.2. The van der Waals surface area contributed by atoms with Gasteiger partial charge in [-0.05, 0) is 38.5 Å². The Morgan fingerprint density at radius 2 is 2.00 bits per heavy atom. The van der Waals surface area contributed by atoms with Crippen molar-refractivity contribution in [2.24, 2.45) is 10.4 Å². The van der Waals surface area contributed by atoms with Gasteiger partial charge in [-0.3, -0.25) is 4.99 Å². The normalized spacial score (nSPS) is 23.5. The van der Waals surface area contributed by atoms with Crippen molar-refractivity contribution in [2.75, 3.05) is 46.2 Å². The van der Waals surface area contributed by atoms with Gasteiger partial charge in [-0.25, -0.2) is 0 Å². The lowest BCUT2D eigenvalue weighted by atomic mass is 9.83. The first-order valence-corrected chi connectivity index (χ1v) is 9.57. The molecule has 0 unspecified atom stereocenters. The molecule has 0 aromatic rings. The Balaban J connectivity index is 0.00000264. The highest BCUT2D eigenvalue weighted by Gasteiger charge is 2.35. The summed E-state index contributed by atoms with van der Waals surface area (Å²) in [7, 11) is 3.72. The largest absolute Gasteiger partial charge is 0.385 e. The van der Waals surface area contributed by atoms with Crippen LogP contribution < -0.4 is 5.32 Å². The third-order valence-electron chi connectivity index (χ3n) is 5.06. The molecule has 2 fully saturated rings. The van der Waals surface area contributed by atoms with Gasteiger partial charge in [-0.1, -0.05) is 12.8 Å². The molecule has 4 nitrogen and oxygen atoms in total. The van der Waals surface area contributed by atoms with E-state index >= 15 is 0 Å². The molecule has 1 saturated heterocycles. The second-order valence-corrected chi connectivity index (χ2v) is 9.18. The third kappa shape index (κ3) is 6.27. The maximum Gasteiger partial charge on any atom is 0.193 e. The van der Waals surface area contributed by atoms with Gasteiger partial charge in [0.15, 0.2) is 5.96 Å². The highest BCUT2D eigenvalue weighted by atomic mass is 127. The van der Waals surface area contributed by atoms with Crippen molar-refractivity contribution in [3.05, 3.63) is 0 Å². The second kappa shape index (κ2) is 9.70. The topological polar surface area (TPSA) is 36.9 Å². The van der Waals surface area contributed by atoms with Crippen molar-refractivity contribution in [2.45, 2.75) is 50.7 Å². The van der Waals surface area contributed by atoms with Crippen LogP contribution in [-0.2, 0) is 4.74 Å². The van der Waals surface area contributed by atoms with Crippen LogP contribution in [0.25, 0.3) is 0 Å². The molecular weight excluding hydrogens is 421 g/mol. The lowest BCUT2D eigenvalue weighted by molar-refractivity contribution is 0.137. The first kappa shape index (κ1) is 21.4. The summed E-state index contributed by atoms with van der Waals surface area (Å²) in [5.74, 6) is 2.26. The molecule has 2 rings (SSSR count). The van der Waals surface area contributed by atoms with Gasteiger partial charge in [0, 0.05) is 50.9 Å². The number of hydrogen-bond donors (Lipinski definition) is 1. The van der Waals surface area contributed by atoms with Crippen LogP contribution in [0.2, 0.25) is 0 Å². The third-order valence-corrected chi connectivity index (χ3v) is 6.36. The monoisotopic (exact) mass is 455 g/mol. The van der Waals surface area contributed by atoms with Crippen LogP contribution in [0.4, 0.5) is 0 Å². The molecule has 0 radical (unpaired) electrons. The number of nitrogens with one attached hydrogen (secondary N) is 1. The molecule has 136 valence electrons. The number of ether oxygens (including phenoxy) is 1. The first-order chi connectivity index (χ1) is 10.5. The van der Waals surface area contributed by atoms with E-state index in [1.165, 1.54) is 31.4 Å². The van der Waals surface area contributed by atoms with E-state index in [1.54, 1.807) is 0 Å². The Morgan fingerprint density at radius 1 is 1.30 bits per heavy atom. The standard InChI is InChI=1S/C17H33N3OS.HI/c1-16(2)14-20(10-12-22-16)15(18-3)19-13-17(9-11-21-4)7-5-6-8-17;/h5-14H2,1-4H3,(H,18,19);1H. The zero-order chi connectivity index (χ0) is 16.1. The van der Waals surface area contributed by atoms with E-state index in [1.807, 2.05) is 14.2 Å². The lowest BCUT2D eigenvalue weighted by Crippen LogP contribution is -2.52. The minimum absolute atomic E-state index is 0. The number of methoxy groups -OCH3 is 1. The van der Waals surface area contributed by atoms with E-state index in [4.69, 9.17) is 4.74 Å². The molecule has 0 aromatic carbocycles. The first-order valence-electron chi connectivity index (χ1n) is 8.59. The van der Waals surface area contributed by atoms with Gasteiger partial charge in [0.1, 0.15) is 0 Å². The summed E-state index contributed by atoms with van der Waals surface area (Å²) >= 11 is 2.06. The van der Waals surface area contributed by atoms with Crippen LogP contribution in [0.5, 0.6) is 0 Å². The van der Waals surface area contributed by atoms with E-state index in [9.17, 15) is 0 Å². The number of halogens is 1. The minimum atomic E-state index is 0. The molecule has 2 aliphatic rings. The van der Waals surface area contributed by atoms with Crippen molar-refractivity contribution in [3.63, 3.8) is 0 Å². The van der Waals surface area contributed by atoms with Gasteiger partial charge in [0.05, 0.1) is 0 Å². The van der Waals surface area contributed by atoms with Crippen LogP contribution >= 0.6 is 35.7 Å². The minimum Gasteiger partial charge on any atom is -0.385 e. The quantitative estimate of drug-likeness (QED) is 0.391. The summed E-state index contributed by atoms with van der Waals surface area (Å²) < 4.78 is 5.65. The molecule has 6 heteroatoms. The molecule has 1 aliphatic heterocycles. The van der Waals surface area contributed by atoms with Gasteiger partial charge in [-0.15, -0.1) is 24.0 Å². The predicted octanol–water partition coefficient (Wildman–Crippen LogP) is 3.60. The molecule has 0 aromatic heterocycles. The Kier molecular flexibility index (Phi) is 9.01. The zero-order valence-corrected chi connectivity index (χ0v) is 18.3. The van der Waals surface area contributed by atoms with Gasteiger partial charge in [0.25, 0.3) is 0 Å². The number of hydrogen-bond acceptors (Lipinski definition) is 3. The van der Waals surface area contributed by atoms with E-state index in [0.717, 1.165) is 38.6 Å². The fraction of sp³-hybridized carbons (Fsp3) is 0.941. The van der Waals surface area contributed by atoms with Gasteiger partial charge < -0.3 is 15.0 Å². The molecule has 1 saturated carbocycles. The summed E-state index contributed by atoms with van der Waals surface area (Å²) in [5.41, 5.74) is 0.409. The summed E-state index contributed by atoms with van der Waals surface area (Å²) in [6, 6.07) is 0. The SMILES string of the molecule is CN=C(NCC1(CCOC)CCCC1)N1CCSC(C)(C)C1.I. The Hall–Kier alpha value is 0.310. The summed E-state index contributed by atoms with van der Waals surface area (Å²) in [6.07, 6.45) is 6.52. The number of rotatable bonds is 5. The van der Waals surface area contributed by atoms with Crippen molar-refractivity contribution in [1.29, 1.82) is 0 Å².